The molecule has 1 aliphatic rings. The third-order valence-corrected chi connectivity index (χ3v) is 4.16. The lowest BCUT2D eigenvalue weighted by Crippen LogP contribution is -2.33. The van der Waals surface area contributed by atoms with E-state index in [4.69, 9.17) is 11.6 Å². The SMILES string of the molecule is O=CC1(Cc2cc(Cl)ccc2Br)CCC1. The van der Waals surface area contributed by atoms with Crippen LogP contribution in [-0.2, 0) is 11.2 Å². The molecule has 1 fully saturated rings. The van der Waals surface area contributed by atoms with Crippen molar-refractivity contribution < 1.29 is 4.79 Å². The minimum absolute atomic E-state index is 0.118. The summed E-state index contributed by atoms with van der Waals surface area (Å²) in [4.78, 5) is 11.1. The van der Waals surface area contributed by atoms with Gasteiger partial charge in [0, 0.05) is 14.9 Å². The van der Waals surface area contributed by atoms with Gasteiger partial charge in [-0.3, -0.25) is 0 Å². The van der Waals surface area contributed by atoms with E-state index in [1.165, 1.54) is 0 Å². The van der Waals surface area contributed by atoms with Gasteiger partial charge in [0.15, 0.2) is 0 Å². The lowest BCUT2D eigenvalue weighted by atomic mass is 9.66. The molecule has 0 heterocycles. The zero-order valence-electron chi connectivity index (χ0n) is 8.30. The molecule has 0 radical (unpaired) electrons. The maximum atomic E-state index is 11.1. The van der Waals surface area contributed by atoms with Gasteiger partial charge in [0.05, 0.1) is 0 Å². The fourth-order valence-electron chi connectivity index (χ4n) is 2.03. The van der Waals surface area contributed by atoms with Crippen molar-refractivity contribution >= 4 is 33.8 Å². The molecule has 80 valence electrons. The summed E-state index contributed by atoms with van der Waals surface area (Å²) in [6.07, 6.45) is 5.10. The molecule has 0 amide bonds. The molecule has 0 spiro atoms. The van der Waals surface area contributed by atoms with E-state index < -0.39 is 0 Å². The molecule has 0 unspecified atom stereocenters. The van der Waals surface area contributed by atoms with Crippen molar-refractivity contribution in [2.75, 3.05) is 0 Å². The molecule has 3 heteroatoms. The fraction of sp³-hybridized carbons (Fsp3) is 0.417. The van der Waals surface area contributed by atoms with Crippen molar-refractivity contribution in [3.8, 4) is 0 Å². The van der Waals surface area contributed by atoms with E-state index in [-0.39, 0.29) is 5.41 Å². The Morgan fingerprint density at radius 3 is 2.73 bits per heavy atom. The van der Waals surface area contributed by atoms with E-state index in [0.29, 0.717) is 0 Å². The van der Waals surface area contributed by atoms with E-state index in [9.17, 15) is 4.79 Å². The van der Waals surface area contributed by atoms with Gasteiger partial charge in [-0.15, -0.1) is 0 Å². The highest BCUT2D eigenvalue weighted by atomic mass is 79.9. The number of hydrogen-bond acceptors (Lipinski definition) is 1. The maximum Gasteiger partial charge on any atom is 0.126 e. The van der Waals surface area contributed by atoms with Crippen LogP contribution in [0, 0.1) is 5.41 Å². The molecule has 2 rings (SSSR count). The quantitative estimate of drug-likeness (QED) is 0.768. The van der Waals surface area contributed by atoms with Gasteiger partial charge < -0.3 is 4.79 Å². The highest BCUT2D eigenvalue weighted by molar-refractivity contribution is 9.10. The Bertz CT molecular complexity index is 385. The van der Waals surface area contributed by atoms with Crippen molar-refractivity contribution in [2.45, 2.75) is 25.7 Å². The minimum Gasteiger partial charge on any atom is -0.303 e. The zero-order valence-corrected chi connectivity index (χ0v) is 10.6. The normalized spacial score (nSPS) is 18.3. The van der Waals surface area contributed by atoms with Crippen LogP contribution in [0.4, 0.5) is 0 Å². The summed E-state index contributed by atoms with van der Waals surface area (Å²) in [6.45, 7) is 0. The van der Waals surface area contributed by atoms with E-state index in [1.54, 1.807) is 0 Å². The largest absolute Gasteiger partial charge is 0.303 e. The zero-order chi connectivity index (χ0) is 10.9. The van der Waals surface area contributed by atoms with Crippen LogP contribution in [0.1, 0.15) is 24.8 Å². The molecule has 0 atom stereocenters. The van der Waals surface area contributed by atoms with E-state index >= 15 is 0 Å². The molecular weight excluding hydrogens is 275 g/mol. The molecule has 0 N–H and O–H groups in total. The Morgan fingerprint density at radius 1 is 1.47 bits per heavy atom. The van der Waals surface area contributed by atoms with Gasteiger partial charge in [0.25, 0.3) is 0 Å². The summed E-state index contributed by atoms with van der Waals surface area (Å²) in [5, 5.41) is 0.730. The highest BCUT2D eigenvalue weighted by Gasteiger charge is 2.37. The third kappa shape index (κ3) is 2.26. The summed E-state index contributed by atoms with van der Waals surface area (Å²) in [7, 11) is 0. The number of benzene rings is 1. The first kappa shape index (κ1) is 11.2. The van der Waals surface area contributed by atoms with Gasteiger partial charge in [0.1, 0.15) is 6.29 Å². The van der Waals surface area contributed by atoms with Crippen LogP contribution in [0.3, 0.4) is 0 Å². The molecular formula is C12H12BrClO. The summed E-state index contributed by atoms with van der Waals surface area (Å²) < 4.78 is 1.04. The molecule has 0 saturated heterocycles. The van der Waals surface area contributed by atoms with Crippen LogP contribution in [0.15, 0.2) is 22.7 Å². The van der Waals surface area contributed by atoms with Crippen molar-refractivity contribution in [3.63, 3.8) is 0 Å². The monoisotopic (exact) mass is 286 g/mol. The molecule has 1 aromatic carbocycles. The molecule has 0 bridgehead atoms. The number of rotatable bonds is 3. The highest BCUT2D eigenvalue weighted by Crippen LogP contribution is 2.43. The summed E-state index contributed by atoms with van der Waals surface area (Å²) in [5.74, 6) is 0. The maximum absolute atomic E-state index is 11.1. The van der Waals surface area contributed by atoms with Crippen LogP contribution in [0.2, 0.25) is 5.02 Å². The molecule has 0 aliphatic heterocycles. The minimum atomic E-state index is -0.118. The first-order valence-electron chi connectivity index (χ1n) is 5.05. The predicted octanol–water partition coefficient (Wildman–Crippen LogP) is 4.01. The fourth-order valence-corrected chi connectivity index (χ4v) is 2.61. The second-order valence-electron chi connectivity index (χ2n) is 4.25. The summed E-state index contributed by atoms with van der Waals surface area (Å²) in [6, 6.07) is 5.73. The third-order valence-electron chi connectivity index (χ3n) is 3.15. The van der Waals surface area contributed by atoms with Gasteiger partial charge in [-0.05, 0) is 43.0 Å². The lowest BCUT2D eigenvalue weighted by molar-refractivity contribution is -0.120. The predicted molar refractivity (Wildman–Crippen MR) is 65.2 cm³/mol. The smallest absolute Gasteiger partial charge is 0.126 e. The van der Waals surface area contributed by atoms with Crippen molar-refractivity contribution in [1.82, 2.24) is 0 Å². The van der Waals surface area contributed by atoms with Gasteiger partial charge >= 0.3 is 0 Å². The molecule has 1 aliphatic carbocycles. The van der Waals surface area contributed by atoms with E-state index in [0.717, 1.165) is 47.0 Å². The molecule has 1 saturated carbocycles. The Hall–Kier alpha value is -0.340. The van der Waals surface area contributed by atoms with E-state index in [1.807, 2.05) is 18.2 Å². The lowest BCUT2D eigenvalue weighted by Gasteiger charge is -2.37. The van der Waals surface area contributed by atoms with Gasteiger partial charge in [0.2, 0.25) is 0 Å². The Labute approximate surface area is 103 Å². The first-order chi connectivity index (χ1) is 7.15. The second kappa shape index (κ2) is 4.26. The molecule has 0 aromatic heterocycles. The molecule has 1 nitrogen and oxygen atoms in total. The van der Waals surface area contributed by atoms with Crippen LogP contribution >= 0.6 is 27.5 Å². The van der Waals surface area contributed by atoms with Gasteiger partial charge in [-0.2, -0.15) is 0 Å². The van der Waals surface area contributed by atoms with Gasteiger partial charge in [-0.1, -0.05) is 34.0 Å². The van der Waals surface area contributed by atoms with Crippen molar-refractivity contribution in [1.29, 1.82) is 0 Å². The Balaban J connectivity index is 2.23. The van der Waals surface area contributed by atoms with E-state index in [2.05, 4.69) is 15.9 Å². The first-order valence-corrected chi connectivity index (χ1v) is 6.23. The number of hydrogen-bond donors (Lipinski definition) is 0. The number of carbonyl (C=O) groups excluding carboxylic acids is 1. The van der Waals surface area contributed by atoms with Gasteiger partial charge in [-0.25, -0.2) is 0 Å². The van der Waals surface area contributed by atoms with Crippen molar-refractivity contribution in [2.24, 2.45) is 5.41 Å². The average molecular weight is 288 g/mol. The summed E-state index contributed by atoms with van der Waals surface area (Å²) >= 11 is 9.43. The Kier molecular flexibility index (Phi) is 3.17. The standard InChI is InChI=1S/C12H12BrClO/c13-11-3-2-10(14)6-9(11)7-12(8-15)4-1-5-12/h2-3,6,8H,1,4-5,7H2. The van der Waals surface area contributed by atoms with Crippen LogP contribution in [-0.4, -0.2) is 6.29 Å². The van der Waals surface area contributed by atoms with Crippen LogP contribution in [0.25, 0.3) is 0 Å². The topological polar surface area (TPSA) is 17.1 Å². The number of carbonyl (C=O) groups is 1. The van der Waals surface area contributed by atoms with Crippen LogP contribution < -0.4 is 0 Å². The molecule has 15 heavy (non-hydrogen) atoms. The second-order valence-corrected chi connectivity index (χ2v) is 5.54. The molecule has 1 aromatic rings. The van der Waals surface area contributed by atoms with Crippen molar-refractivity contribution in [3.05, 3.63) is 33.3 Å². The average Bonchev–Trinajstić information content (AvgIpc) is 2.17. The number of halogens is 2. The Morgan fingerprint density at radius 2 is 2.20 bits per heavy atom. The van der Waals surface area contributed by atoms with Crippen LogP contribution in [0.5, 0.6) is 0 Å². The number of aldehydes is 1. The summed E-state index contributed by atoms with van der Waals surface area (Å²) in [5.41, 5.74) is 1.02.